The average molecular weight is 1000 g/mol. The number of anilines is 2. The number of rotatable bonds is 6. The number of ether oxygens (including phenoxy) is 2. The number of benzene rings is 6. The molecule has 0 saturated carbocycles. The van der Waals surface area contributed by atoms with Crippen LogP contribution in [0.1, 0.15) is 27.0 Å². The van der Waals surface area contributed by atoms with Crippen molar-refractivity contribution in [1.29, 1.82) is 0 Å². The van der Waals surface area contributed by atoms with Gasteiger partial charge in [0.25, 0.3) is 23.6 Å². The summed E-state index contributed by atoms with van der Waals surface area (Å²) in [6, 6.07) is 43.1. The Bertz CT molecular complexity index is 3050. The molecule has 0 bridgehead atoms. The molecule has 0 aliphatic carbocycles. The Morgan fingerprint density at radius 2 is 1.07 bits per heavy atom. The minimum Gasteiger partial charge on any atom is -0.489 e. The van der Waals surface area contributed by atoms with E-state index in [1.165, 1.54) is 32.5 Å². The number of likely N-dealkylation sites (N-methyl/N-ethyl adjacent to an activating group) is 2. The van der Waals surface area contributed by atoms with Gasteiger partial charge in [0.15, 0.2) is 10.0 Å². The van der Waals surface area contributed by atoms with Gasteiger partial charge in [0.1, 0.15) is 36.8 Å². The van der Waals surface area contributed by atoms with E-state index in [1.54, 1.807) is 44.4 Å². The van der Waals surface area contributed by atoms with Crippen LogP contribution in [0.4, 0.5) is 11.4 Å². The van der Waals surface area contributed by atoms with Crippen LogP contribution in [-0.4, -0.2) is 90.2 Å². The summed E-state index contributed by atoms with van der Waals surface area (Å²) in [5.74, 6) is -0.0116. The summed E-state index contributed by atoms with van der Waals surface area (Å²) in [5.41, 5.74) is 5.47. The molecule has 6 aromatic carbocycles. The van der Waals surface area contributed by atoms with Crippen molar-refractivity contribution in [3.8, 4) is 22.6 Å². The SMILES string of the molecule is C.CN1C(=O)[C@@H](NC(=O)c2nc3cccc(-c4ccccc4)c3s2)COc2ccccc21.CN1C(=O)[C@@H](NC(=O)c2nc3cccc(Br)c3s2)COc2ccccc21.OB(O)c1ccccc1. The normalized spacial score (nSPS) is 15.1. The van der Waals surface area contributed by atoms with E-state index in [9.17, 15) is 19.2 Å². The molecule has 10 rings (SSSR count). The van der Waals surface area contributed by atoms with E-state index in [2.05, 4.69) is 36.5 Å². The summed E-state index contributed by atoms with van der Waals surface area (Å²) >= 11 is 6.06. The molecule has 67 heavy (non-hydrogen) atoms. The van der Waals surface area contributed by atoms with E-state index in [1.807, 2.05) is 115 Å². The first-order valence-corrected chi connectivity index (χ1v) is 22.9. The number of carbonyl (C=O) groups excluding carboxylic acids is 4. The van der Waals surface area contributed by atoms with Gasteiger partial charge >= 0.3 is 7.12 Å². The molecule has 0 saturated heterocycles. The van der Waals surface area contributed by atoms with Gasteiger partial charge in [-0.2, -0.15) is 0 Å². The van der Waals surface area contributed by atoms with Gasteiger partial charge < -0.3 is 40.0 Å². The predicted molar refractivity (Wildman–Crippen MR) is 269 cm³/mol. The van der Waals surface area contributed by atoms with Gasteiger partial charge in [-0.1, -0.05) is 111 Å². The Hall–Kier alpha value is -6.96. The van der Waals surface area contributed by atoms with Crippen LogP contribution in [0.2, 0.25) is 0 Å². The minimum absolute atomic E-state index is 0. The van der Waals surface area contributed by atoms with Crippen LogP contribution in [0.15, 0.2) is 150 Å². The molecular formula is C49H44BBrN6O8S2. The predicted octanol–water partition coefficient (Wildman–Crippen LogP) is 7.33. The zero-order valence-electron chi connectivity index (χ0n) is 35.3. The van der Waals surface area contributed by atoms with Gasteiger partial charge in [0, 0.05) is 24.1 Å². The molecule has 4 heterocycles. The van der Waals surface area contributed by atoms with Crippen molar-refractivity contribution in [2.45, 2.75) is 19.5 Å². The van der Waals surface area contributed by atoms with Crippen LogP contribution in [0.3, 0.4) is 0 Å². The van der Waals surface area contributed by atoms with E-state index >= 15 is 0 Å². The highest BCUT2D eigenvalue weighted by Gasteiger charge is 2.33. The number of fused-ring (bicyclic) bond motifs is 4. The Labute approximate surface area is 403 Å². The lowest BCUT2D eigenvalue weighted by Crippen LogP contribution is -2.49. The number of halogens is 1. The van der Waals surface area contributed by atoms with Gasteiger partial charge in [0.2, 0.25) is 0 Å². The minimum atomic E-state index is -1.34. The molecule has 4 N–H and O–H groups in total. The van der Waals surface area contributed by atoms with Crippen molar-refractivity contribution >= 4 is 107 Å². The number of para-hydroxylation sites is 4. The van der Waals surface area contributed by atoms with Crippen LogP contribution >= 0.6 is 38.6 Å². The van der Waals surface area contributed by atoms with E-state index in [4.69, 9.17) is 19.5 Å². The van der Waals surface area contributed by atoms with Crippen molar-refractivity contribution < 1.29 is 38.7 Å². The monoisotopic (exact) mass is 998 g/mol. The number of hydrogen-bond donors (Lipinski definition) is 4. The van der Waals surface area contributed by atoms with Crippen LogP contribution in [0, 0.1) is 0 Å². The fraction of sp³-hybridized carbons (Fsp3) is 0.143. The van der Waals surface area contributed by atoms with Crippen molar-refractivity contribution in [3.05, 3.63) is 160 Å². The third-order valence-corrected chi connectivity index (χ3v) is 13.6. The second-order valence-corrected chi connectivity index (χ2v) is 17.7. The lowest BCUT2D eigenvalue weighted by atomic mass is 9.81. The largest absolute Gasteiger partial charge is 0.489 e. The molecule has 2 aliphatic heterocycles. The molecule has 0 spiro atoms. The number of carbonyl (C=O) groups is 4. The molecule has 0 radical (unpaired) electrons. The number of hydrogen-bond acceptors (Lipinski definition) is 12. The van der Waals surface area contributed by atoms with Crippen molar-refractivity contribution in [1.82, 2.24) is 20.6 Å². The lowest BCUT2D eigenvalue weighted by Gasteiger charge is -2.19. The van der Waals surface area contributed by atoms with E-state index in [-0.39, 0.29) is 44.3 Å². The fourth-order valence-corrected chi connectivity index (χ4v) is 9.56. The van der Waals surface area contributed by atoms with E-state index < -0.39 is 19.2 Å². The van der Waals surface area contributed by atoms with Crippen molar-refractivity contribution in [3.63, 3.8) is 0 Å². The summed E-state index contributed by atoms with van der Waals surface area (Å²) in [6.07, 6.45) is 0. The molecule has 2 aromatic heterocycles. The van der Waals surface area contributed by atoms with Gasteiger partial charge in [-0.05, 0) is 69.4 Å². The van der Waals surface area contributed by atoms with E-state index in [0.29, 0.717) is 38.4 Å². The van der Waals surface area contributed by atoms with Crippen LogP contribution in [-0.2, 0) is 9.59 Å². The number of nitrogens with one attached hydrogen (secondary N) is 2. The summed E-state index contributed by atoms with van der Waals surface area (Å²) < 4.78 is 14.2. The molecule has 4 amide bonds. The molecule has 18 heteroatoms. The molecule has 340 valence electrons. The topological polar surface area (TPSA) is 184 Å². The van der Waals surface area contributed by atoms with Crippen LogP contribution < -0.4 is 35.4 Å². The van der Waals surface area contributed by atoms with Gasteiger partial charge in [-0.3, -0.25) is 19.2 Å². The number of nitrogens with zero attached hydrogens (tertiary/aromatic N) is 4. The highest BCUT2D eigenvalue weighted by molar-refractivity contribution is 9.10. The number of aromatic nitrogens is 2. The summed E-state index contributed by atoms with van der Waals surface area (Å²) in [7, 11) is 2.01. The van der Waals surface area contributed by atoms with Crippen molar-refractivity contribution in [2.75, 3.05) is 37.1 Å². The maximum Gasteiger partial charge on any atom is 0.488 e. The van der Waals surface area contributed by atoms with E-state index in [0.717, 1.165) is 36.0 Å². The molecule has 14 nitrogen and oxygen atoms in total. The Kier molecular flexibility index (Phi) is 15.4. The third kappa shape index (κ3) is 10.9. The number of thiazole rings is 2. The Morgan fingerprint density at radius 1 is 0.627 bits per heavy atom. The Morgan fingerprint density at radius 3 is 1.57 bits per heavy atom. The molecule has 8 aromatic rings. The highest BCUT2D eigenvalue weighted by Crippen LogP contribution is 2.35. The molecule has 0 fully saturated rings. The standard InChI is InChI=1S/C24H19N3O3S.C18H14BrN3O3S.C6H7BO2.CH4/c1-27-19-12-5-6-13-20(19)30-14-18(24(27)29)25-22(28)23-26-17-11-7-10-16(21(17)31-23)15-8-3-2-4-9-15;1-22-13-7-2-3-8-14(13)25-9-12(18(22)24)20-16(23)17-21-11-6-4-5-10(19)15(11)26-17;8-7(9)6-4-2-1-3-5-6;/h2-13,18H,14H2,1H3,(H,25,28);2-8,12H,9H2,1H3,(H,20,23);1-5,8-9H;1H4/t18-;12-;;/m00../s1. The molecule has 0 unspecified atom stereocenters. The zero-order valence-corrected chi connectivity index (χ0v) is 38.5. The summed E-state index contributed by atoms with van der Waals surface area (Å²) in [5, 5.41) is 23.3. The lowest BCUT2D eigenvalue weighted by molar-refractivity contribution is -0.121. The summed E-state index contributed by atoms with van der Waals surface area (Å²) in [4.78, 5) is 63.1. The maximum atomic E-state index is 13.0. The molecule has 2 aliphatic rings. The zero-order chi connectivity index (χ0) is 46.3. The fourth-order valence-electron chi connectivity index (χ4n) is 7.08. The second kappa shape index (κ2) is 21.6. The first kappa shape index (κ1) is 48.0. The summed E-state index contributed by atoms with van der Waals surface area (Å²) in [6.45, 7) is 0.132. The first-order valence-electron chi connectivity index (χ1n) is 20.5. The third-order valence-electron chi connectivity index (χ3n) is 10.5. The van der Waals surface area contributed by atoms with Gasteiger partial charge in [-0.25, -0.2) is 9.97 Å². The van der Waals surface area contributed by atoms with Crippen LogP contribution in [0.25, 0.3) is 31.6 Å². The second-order valence-electron chi connectivity index (χ2n) is 14.8. The quantitative estimate of drug-likeness (QED) is 0.123. The van der Waals surface area contributed by atoms with Crippen LogP contribution in [0.5, 0.6) is 11.5 Å². The Balaban J connectivity index is 0.000000167. The van der Waals surface area contributed by atoms with Crippen molar-refractivity contribution in [2.24, 2.45) is 0 Å². The number of amides is 4. The molecular weight excluding hydrogens is 955 g/mol. The smallest absolute Gasteiger partial charge is 0.488 e. The van der Waals surface area contributed by atoms with Gasteiger partial charge in [0.05, 0.1) is 31.8 Å². The maximum absolute atomic E-state index is 13.0. The van der Waals surface area contributed by atoms with Gasteiger partial charge in [-0.15, -0.1) is 22.7 Å². The first-order chi connectivity index (χ1) is 32.0. The highest BCUT2D eigenvalue weighted by atomic mass is 79.9. The molecule has 2 atom stereocenters. The average Bonchev–Trinajstić information content (AvgIpc) is 3.96.